The number of carbonyl (C=O) groups is 2. The number of ether oxygens (including phenoxy) is 2. The number of alkyl carbamates (subject to hydrolysis) is 1. The lowest BCUT2D eigenvalue weighted by atomic mass is 10.3. The summed E-state index contributed by atoms with van der Waals surface area (Å²) in [7, 11) is 0. The molecule has 0 aromatic heterocycles. The molecular weight excluding hydrogens is 265 g/mol. The maximum atomic E-state index is 12.7. The van der Waals surface area contributed by atoms with E-state index in [1.165, 1.54) is 6.07 Å². The van der Waals surface area contributed by atoms with Gasteiger partial charge in [-0.25, -0.2) is 9.18 Å². The third-order valence-corrected chi connectivity index (χ3v) is 2.06. The first-order valence-corrected chi connectivity index (χ1v) is 5.45. The number of imide groups is 1. The van der Waals surface area contributed by atoms with E-state index < -0.39 is 24.4 Å². The summed E-state index contributed by atoms with van der Waals surface area (Å²) in [6, 6.07) is 3.49. The number of amides is 2. The summed E-state index contributed by atoms with van der Waals surface area (Å²) < 4.78 is 22.2. The van der Waals surface area contributed by atoms with Gasteiger partial charge in [0.1, 0.15) is 11.6 Å². The fourth-order valence-corrected chi connectivity index (χ4v) is 1.27. The Labute approximate surface area is 108 Å². The minimum Gasteiger partial charge on any atom is -0.482 e. The number of rotatable bonds is 4. The van der Waals surface area contributed by atoms with E-state index >= 15 is 0 Å². The number of carbonyl (C=O) groups excluding carboxylic acids is 2. The van der Waals surface area contributed by atoms with Gasteiger partial charge < -0.3 is 9.47 Å². The molecule has 1 aromatic rings. The molecule has 0 saturated heterocycles. The number of hydrogen-bond donors (Lipinski definition) is 1. The fourth-order valence-electron chi connectivity index (χ4n) is 1.05. The highest BCUT2D eigenvalue weighted by Gasteiger charge is 2.10. The zero-order valence-corrected chi connectivity index (χ0v) is 10.3. The minimum absolute atomic E-state index is 0.0407. The van der Waals surface area contributed by atoms with Gasteiger partial charge in [-0.05, 0) is 25.1 Å². The molecule has 1 N–H and O–H groups in total. The molecule has 0 spiro atoms. The van der Waals surface area contributed by atoms with Gasteiger partial charge >= 0.3 is 6.09 Å². The van der Waals surface area contributed by atoms with Crippen molar-refractivity contribution in [2.24, 2.45) is 0 Å². The Kier molecular flexibility index (Phi) is 5.38. The second kappa shape index (κ2) is 6.80. The van der Waals surface area contributed by atoms with Crippen LogP contribution in [0.2, 0.25) is 5.02 Å². The van der Waals surface area contributed by atoms with Gasteiger partial charge in [0, 0.05) is 0 Å². The van der Waals surface area contributed by atoms with Crippen LogP contribution < -0.4 is 10.1 Å². The van der Waals surface area contributed by atoms with Crippen molar-refractivity contribution in [1.29, 1.82) is 0 Å². The van der Waals surface area contributed by atoms with Crippen molar-refractivity contribution in [2.45, 2.75) is 6.92 Å². The lowest BCUT2D eigenvalue weighted by Gasteiger charge is -2.08. The van der Waals surface area contributed by atoms with Crippen molar-refractivity contribution in [3.05, 3.63) is 29.0 Å². The molecule has 18 heavy (non-hydrogen) atoms. The predicted molar refractivity (Wildman–Crippen MR) is 62.1 cm³/mol. The van der Waals surface area contributed by atoms with Gasteiger partial charge in [0.25, 0.3) is 5.91 Å². The fraction of sp³-hybridized carbons (Fsp3) is 0.273. The Morgan fingerprint density at radius 1 is 1.44 bits per heavy atom. The van der Waals surface area contributed by atoms with Crippen molar-refractivity contribution >= 4 is 23.6 Å². The van der Waals surface area contributed by atoms with E-state index in [9.17, 15) is 14.0 Å². The van der Waals surface area contributed by atoms with E-state index in [4.69, 9.17) is 16.3 Å². The first-order chi connectivity index (χ1) is 8.52. The molecule has 0 aliphatic rings. The topological polar surface area (TPSA) is 64.6 Å². The molecule has 0 aliphatic carbocycles. The van der Waals surface area contributed by atoms with Crippen LogP contribution in [0.5, 0.6) is 5.75 Å². The van der Waals surface area contributed by atoms with Crippen LogP contribution in [-0.2, 0) is 9.53 Å². The molecule has 7 heteroatoms. The molecule has 1 rings (SSSR count). The molecule has 0 fully saturated rings. The Balaban J connectivity index is 2.45. The van der Waals surface area contributed by atoms with Crippen LogP contribution in [0.1, 0.15) is 6.92 Å². The summed E-state index contributed by atoms with van der Waals surface area (Å²) in [6.45, 7) is 1.34. The summed E-state index contributed by atoms with van der Waals surface area (Å²) in [5, 5.41) is 1.98. The molecule has 98 valence electrons. The summed E-state index contributed by atoms with van der Waals surface area (Å²) in [6.07, 6.45) is -0.851. The van der Waals surface area contributed by atoms with E-state index in [1.807, 2.05) is 5.32 Å². The maximum absolute atomic E-state index is 12.7. The quantitative estimate of drug-likeness (QED) is 0.914. The van der Waals surface area contributed by atoms with Crippen molar-refractivity contribution in [1.82, 2.24) is 5.32 Å². The summed E-state index contributed by atoms with van der Waals surface area (Å²) >= 11 is 5.68. The van der Waals surface area contributed by atoms with Crippen LogP contribution in [-0.4, -0.2) is 25.2 Å². The van der Waals surface area contributed by atoms with Gasteiger partial charge in [-0.1, -0.05) is 11.6 Å². The second-order valence-corrected chi connectivity index (χ2v) is 3.54. The average molecular weight is 276 g/mol. The van der Waals surface area contributed by atoms with Crippen LogP contribution in [0.25, 0.3) is 0 Å². The molecule has 2 amide bonds. The summed E-state index contributed by atoms with van der Waals surface area (Å²) in [5.41, 5.74) is 0. The smallest absolute Gasteiger partial charge is 0.413 e. The van der Waals surface area contributed by atoms with Crippen LogP contribution in [0.4, 0.5) is 9.18 Å². The highest BCUT2D eigenvalue weighted by molar-refractivity contribution is 6.32. The third-order valence-electron chi connectivity index (χ3n) is 1.77. The van der Waals surface area contributed by atoms with Crippen molar-refractivity contribution in [2.75, 3.05) is 13.2 Å². The first kappa shape index (κ1) is 14.2. The highest BCUT2D eigenvalue weighted by atomic mass is 35.5. The summed E-state index contributed by atoms with van der Waals surface area (Å²) in [4.78, 5) is 22.1. The van der Waals surface area contributed by atoms with Gasteiger partial charge in [-0.3, -0.25) is 10.1 Å². The van der Waals surface area contributed by atoms with Crippen LogP contribution >= 0.6 is 11.6 Å². The molecule has 0 radical (unpaired) electrons. The highest BCUT2D eigenvalue weighted by Crippen LogP contribution is 2.24. The van der Waals surface area contributed by atoms with Gasteiger partial charge in [0.15, 0.2) is 6.61 Å². The Bertz CT molecular complexity index is 453. The van der Waals surface area contributed by atoms with Gasteiger partial charge in [0.05, 0.1) is 11.6 Å². The molecule has 0 aliphatic heterocycles. The number of nitrogens with one attached hydrogen (secondary N) is 1. The maximum Gasteiger partial charge on any atom is 0.413 e. The largest absolute Gasteiger partial charge is 0.482 e. The van der Waals surface area contributed by atoms with Crippen LogP contribution in [0, 0.1) is 5.82 Å². The molecule has 0 unspecified atom stereocenters. The van der Waals surface area contributed by atoms with Crippen LogP contribution in [0.15, 0.2) is 18.2 Å². The monoisotopic (exact) mass is 275 g/mol. The number of halogens is 2. The van der Waals surface area contributed by atoms with E-state index in [1.54, 1.807) is 6.92 Å². The molecule has 1 aromatic carbocycles. The SMILES string of the molecule is CCOC(=O)NC(=O)COc1ccc(F)cc1Cl. The van der Waals surface area contributed by atoms with Gasteiger partial charge in [0.2, 0.25) is 0 Å². The summed E-state index contributed by atoms with van der Waals surface area (Å²) in [5.74, 6) is -1.05. The molecule has 5 nitrogen and oxygen atoms in total. The minimum atomic E-state index is -0.851. The number of benzene rings is 1. The van der Waals surface area contributed by atoms with Gasteiger partial charge in [-0.2, -0.15) is 0 Å². The average Bonchev–Trinajstić information content (AvgIpc) is 2.28. The van der Waals surface area contributed by atoms with E-state index in [-0.39, 0.29) is 17.4 Å². The van der Waals surface area contributed by atoms with E-state index in [0.29, 0.717) is 0 Å². The molecule has 0 bridgehead atoms. The van der Waals surface area contributed by atoms with Crippen molar-refractivity contribution < 1.29 is 23.5 Å². The molecule has 0 saturated carbocycles. The molecular formula is C11H11ClFNO4. The van der Waals surface area contributed by atoms with Crippen molar-refractivity contribution in [3.63, 3.8) is 0 Å². The molecule has 0 atom stereocenters. The molecule has 0 heterocycles. The Morgan fingerprint density at radius 2 is 2.17 bits per heavy atom. The Hall–Kier alpha value is -1.82. The number of hydrogen-bond acceptors (Lipinski definition) is 4. The van der Waals surface area contributed by atoms with E-state index in [2.05, 4.69) is 4.74 Å². The zero-order valence-electron chi connectivity index (χ0n) is 9.54. The van der Waals surface area contributed by atoms with E-state index in [0.717, 1.165) is 12.1 Å². The van der Waals surface area contributed by atoms with Gasteiger partial charge in [-0.15, -0.1) is 0 Å². The lowest BCUT2D eigenvalue weighted by molar-refractivity contribution is -0.122. The van der Waals surface area contributed by atoms with Crippen molar-refractivity contribution in [3.8, 4) is 5.75 Å². The predicted octanol–water partition coefficient (Wildman–Crippen LogP) is 2.13. The standard InChI is InChI=1S/C11H11ClFNO4/c1-2-17-11(16)14-10(15)6-18-9-4-3-7(13)5-8(9)12/h3-5H,2,6H2,1H3,(H,14,15,16). The first-order valence-electron chi connectivity index (χ1n) is 5.07. The third kappa shape index (κ3) is 4.58. The Morgan fingerprint density at radius 3 is 2.78 bits per heavy atom. The lowest BCUT2D eigenvalue weighted by Crippen LogP contribution is -2.34. The second-order valence-electron chi connectivity index (χ2n) is 3.13. The normalized spacial score (nSPS) is 9.72. The van der Waals surface area contributed by atoms with Crippen LogP contribution in [0.3, 0.4) is 0 Å². The zero-order chi connectivity index (χ0) is 13.5.